The molecule has 0 aliphatic carbocycles. The maximum absolute atomic E-state index is 12.5. The quantitative estimate of drug-likeness (QED) is 0.783. The monoisotopic (exact) mass is 346 g/mol. The summed E-state index contributed by atoms with van der Waals surface area (Å²) >= 11 is 0. The van der Waals surface area contributed by atoms with E-state index in [1.54, 1.807) is 21.1 Å². The van der Waals surface area contributed by atoms with Gasteiger partial charge < -0.3 is 19.7 Å². The smallest absolute Gasteiger partial charge is 0.336 e. The van der Waals surface area contributed by atoms with Crippen LogP contribution in [-0.2, 0) is 25.7 Å². The van der Waals surface area contributed by atoms with Gasteiger partial charge in [0.05, 0.1) is 25.7 Å². The molecule has 7 nitrogen and oxygen atoms in total. The molecule has 2 amide bonds. The number of carbonyl (C=O) groups is 3. The number of esters is 1. The summed E-state index contributed by atoms with van der Waals surface area (Å²) in [6.45, 7) is 1.96. The highest BCUT2D eigenvalue weighted by atomic mass is 16.5. The first-order valence-corrected chi connectivity index (χ1v) is 7.84. The normalized spacial score (nSPS) is 16.5. The highest BCUT2D eigenvalue weighted by Crippen LogP contribution is 2.27. The summed E-state index contributed by atoms with van der Waals surface area (Å²) in [6.07, 6.45) is -0.0980. The summed E-state index contributed by atoms with van der Waals surface area (Å²) in [5.74, 6) is -1.35. The molecule has 134 valence electrons. The van der Waals surface area contributed by atoms with Crippen LogP contribution in [0.15, 0.2) is 35.5 Å². The molecule has 0 aromatic heterocycles. The Bertz CT molecular complexity index is 726. The van der Waals surface area contributed by atoms with E-state index in [0.29, 0.717) is 18.0 Å². The van der Waals surface area contributed by atoms with Gasteiger partial charge >= 0.3 is 5.97 Å². The third-order valence-electron chi connectivity index (χ3n) is 4.19. The average Bonchev–Trinajstić information content (AvgIpc) is 2.88. The number of nitrogens with one attached hydrogen (secondary N) is 1. The zero-order valence-electron chi connectivity index (χ0n) is 14.8. The molecule has 1 aromatic rings. The van der Waals surface area contributed by atoms with Gasteiger partial charge in [-0.25, -0.2) is 4.79 Å². The molecule has 0 fully saturated rings. The summed E-state index contributed by atoms with van der Waals surface area (Å²) in [6, 6.07) is 7.40. The number of allylic oxidation sites excluding steroid dienone is 1. The van der Waals surface area contributed by atoms with Crippen molar-refractivity contribution in [3.63, 3.8) is 0 Å². The van der Waals surface area contributed by atoms with Crippen molar-refractivity contribution in [1.82, 2.24) is 10.2 Å². The van der Waals surface area contributed by atoms with Crippen molar-refractivity contribution in [2.24, 2.45) is 5.92 Å². The fourth-order valence-electron chi connectivity index (χ4n) is 2.84. The number of benzene rings is 1. The van der Waals surface area contributed by atoms with Crippen LogP contribution >= 0.6 is 0 Å². The Labute approximate surface area is 146 Å². The minimum Gasteiger partial charge on any atom is -0.496 e. The van der Waals surface area contributed by atoms with Crippen molar-refractivity contribution in [3.05, 3.63) is 41.1 Å². The van der Waals surface area contributed by atoms with Crippen LogP contribution in [0.5, 0.6) is 5.75 Å². The maximum atomic E-state index is 12.5. The molecule has 0 bridgehead atoms. The minimum absolute atomic E-state index is 0.0980. The largest absolute Gasteiger partial charge is 0.496 e. The highest BCUT2D eigenvalue weighted by molar-refractivity contribution is 6.03. The second-order valence-electron chi connectivity index (χ2n) is 5.84. The summed E-state index contributed by atoms with van der Waals surface area (Å²) in [4.78, 5) is 38.0. The third kappa shape index (κ3) is 3.99. The summed E-state index contributed by atoms with van der Waals surface area (Å²) in [7, 11) is 4.47. The van der Waals surface area contributed by atoms with Crippen LogP contribution < -0.4 is 10.1 Å². The van der Waals surface area contributed by atoms with Crippen LogP contribution in [-0.4, -0.2) is 44.0 Å². The number of para-hydroxylation sites is 1. The van der Waals surface area contributed by atoms with Crippen LogP contribution in [0.2, 0.25) is 0 Å². The van der Waals surface area contributed by atoms with Gasteiger partial charge in [-0.05, 0) is 13.0 Å². The molecule has 1 unspecified atom stereocenters. The van der Waals surface area contributed by atoms with Crippen LogP contribution in [0.3, 0.4) is 0 Å². The lowest BCUT2D eigenvalue weighted by molar-refractivity contribution is -0.139. The Balaban J connectivity index is 2.10. The zero-order chi connectivity index (χ0) is 18.6. The summed E-state index contributed by atoms with van der Waals surface area (Å²) in [5.41, 5.74) is 1.50. The fourth-order valence-corrected chi connectivity index (χ4v) is 2.84. The van der Waals surface area contributed by atoms with E-state index in [4.69, 9.17) is 9.47 Å². The molecule has 2 rings (SSSR count). The van der Waals surface area contributed by atoms with Crippen LogP contribution in [0, 0.1) is 5.92 Å². The number of carbonyl (C=O) groups excluding carboxylic acids is 3. The van der Waals surface area contributed by atoms with Gasteiger partial charge in [0.15, 0.2) is 0 Å². The van der Waals surface area contributed by atoms with Gasteiger partial charge in [-0.3, -0.25) is 9.59 Å². The SMILES string of the molecule is COC(=O)C1=C(C)NC(=O)C1CC(=O)N(C)Cc1ccccc1OC. The van der Waals surface area contributed by atoms with Gasteiger partial charge in [-0.1, -0.05) is 18.2 Å². The highest BCUT2D eigenvalue weighted by Gasteiger charge is 2.38. The van der Waals surface area contributed by atoms with Crippen molar-refractivity contribution in [2.45, 2.75) is 19.9 Å². The van der Waals surface area contributed by atoms with E-state index >= 15 is 0 Å². The molecular weight excluding hydrogens is 324 g/mol. The van der Waals surface area contributed by atoms with E-state index in [0.717, 1.165) is 5.56 Å². The van der Waals surface area contributed by atoms with Gasteiger partial charge in [-0.2, -0.15) is 0 Å². The van der Waals surface area contributed by atoms with Gasteiger partial charge in [-0.15, -0.1) is 0 Å². The molecule has 1 aliphatic rings. The van der Waals surface area contributed by atoms with E-state index in [-0.39, 0.29) is 23.8 Å². The molecule has 1 heterocycles. The lowest BCUT2D eigenvalue weighted by Gasteiger charge is -2.20. The Morgan fingerprint density at radius 2 is 1.92 bits per heavy atom. The molecule has 25 heavy (non-hydrogen) atoms. The molecular formula is C18H22N2O5. The average molecular weight is 346 g/mol. The van der Waals surface area contributed by atoms with E-state index in [2.05, 4.69) is 5.32 Å². The Hall–Kier alpha value is -2.83. The first kappa shape index (κ1) is 18.5. The standard InChI is InChI=1S/C18H22N2O5/c1-11-16(18(23)25-4)13(17(22)19-11)9-15(21)20(2)10-12-7-5-6-8-14(12)24-3/h5-8,13H,9-10H2,1-4H3,(H,19,22). The van der Waals surface area contributed by atoms with Crippen LogP contribution in [0.4, 0.5) is 0 Å². The number of amides is 2. The van der Waals surface area contributed by atoms with E-state index in [1.165, 1.54) is 12.0 Å². The van der Waals surface area contributed by atoms with Gasteiger partial charge in [0.1, 0.15) is 5.75 Å². The topological polar surface area (TPSA) is 84.9 Å². The molecule has 0 spiro atoms. The zero-order valence-corrected chi connectivity index (χ0v) is 14.8. The number of nitrogens with zero attached hydrogens (tertiary/aromatic N) is 1. The number of ether oxygens (including phenoxy) is 2. The van der Waals surface area contributed by atoms with E-state index in [1.807, 2.05) is 24.3 Å². The first-order chi connectivity index (χ1) is 11.9. The van der Waals surface area contributed by atoms with Crippen molar-refractivity contribution >= 4 is 17.8 Å². The van der Waals surface area contributed by atoms with Gasteiger partial charge in [0, 0.05) is 31.3 Å². The molecule has 0 saturated carbocycles. The minimum atomic E-state index is -0.833. The second-order valence-corrected chi connectivity index (χ2v) is 5.84. The molecule has 1 aliphatic heterocycles. The predicted octanol–water partition coefficient (Wildman–Crippen LogP) is 1.24. The van der Waals surface area contributed by atoms with Crippen molar-refractivity contribution in [2.75, 3.05) is 21.3 Å². The Morgan fingerprint density at radius 1 is 1.24 bits per heavy atom. The molecule has 1 N–H and O–H groups in total. The van der Waals surface area contributed by atoms with E-state index < -0.39 is 11.9 Å². The Kier molecular flexibility index (Phi) is 5.80. The van der Waals surface area contributed by atoms with Crippen molar-refractivity contribution in [1.29, 1.82) is 0 Å². The van der Waals surface area contributed by atoms with Crippen molar-refractivity contribution in [3.8, 4) is 5.75 Å². The number of methoxy groups -OCH3 is 2. The molecule has 1 aromatic carbocycles. The molecule has 0 saturated heterocycles. The fraction of sp³-hybridized carbons (Fsp3) is 0.389. The number of hydrogen-bond acceptors (Lipinski definition) is 5. The van der Waals surface area contributed by atoms with Crippen LogP contribution in [0.1, 0.15) is 18.9 Å². The summed E-state index contributed by atoms with van der Waals surface area (Å²) in [5, 5.41) is 2.59. The van der Waals surface area contributed by atoms with Crippen LogP contribution in [0.25, 0.3) is 0 Å². The van der Waals surface area contributed by atoms with Crippen molar-refractivity contribution < 1.29 is 23.9 Å². The molecule has 0 radical (unpaired) electrons. The molecule has 1 atom stereocenters. The van der Waals surface area contributed by atoms with Gasteiger partial charge in [0.2, 0.25) is 11.8 Å². The summed E-state index contributed by atoms with van der Waals surface area (Å²) < 4.78 is 10.0. The van der Waals surface area contributed by atoms with Gasteiger partial charge in [0.25, 0.3) is 0 Å². The second kappa shape index (κ2) is 7.83. The lowest BCUT2D eigenvalue weighted by atomic mass is 9.96. The number of hydrogen-bond donors (Lipinski definition) is 1. The predicted molar refractivity (Wildman–Crippen MR) is 90.4 cm³/mol. The third-order valence-corrected chi connectivity index (χ3v) is 4.19. The maximum Gasteiger partial charge on any atom is 0.336 e. The van der Waals surface area contributed by atoms with E-state index in [9.17, 15) is 14.4 Å². The first-order valence-electron chi connectivity index (χ1n) is 7.84. The Morgan fingerprint density at radius 3 is 2.56 bits per heavy atom. The number of rotatable bonds is 6. The lowest BCUT2D eigenvalue weighted by Crippen LogP contribution is -2.32. The molecule has 7 heteroatoms.